The second-order valence-corrected chi connectivity index (χ2v) is 7.53. The molecule has 2 aromatic carbocycles. The Bertz CT molecular complexity index is 779. The molecule has 0 aliphatic carbocycles. The van der Waals surface area contributed by atoms with Gasteiger partial charge in [0.25, 0.3) is 0 Å². The topological polar surface area (TPSA) is 37.0 Å². The number of benzene rings is 2. The molecule has 1 heterocycles. The van der Waals surface area contributed by atoms with Gasteiger partial charge >= 0.3 is 0 Å². The van der Waals surface area contributed by atoms with Crippen LogP contribution in [0.5, 0.6) is 0 Å². The summed E-state index contributed by atoms with van der Waals surface area (Å²) in [5.41, 5.74) is 4.72. The molecule has 3 nitrogen and oxygen atoms in total. The maximum absolute atomic E-state index is 4.94. The zero-order valence-electron chi connectivity index (χ0n) is 17.3. The molecule has 3 rings (SSSR count). The largest absolute Gasteiger partial charge is 0.302 e. The van der Waals surface area contributed by atoms with Crippen molar-refractivity contribution in [2.24, 2.45) is 0 Å². The van der Waals surface area contributed by atoms with Gasteiger partial charge in [0.2, 0.25) is 0 Å². The number of hydrogen-bond acceptors (Lipinski definition) is 3. The van der Waals surface area contributed by atoms with Gasteiger partial charge in [-0.25, -0.2) is 0 Å². The van der Waals surface area contributed by atoms with Crippen LogP contribution < -0.4 is 10.6 Å². The summed E-state index contributed by atoms with van der Waals surface area (Å²) < 4.78 is 0. The molecular weight excluding hydrogens is 342 g/mol. The number of nitrogens with zero attached hydrogens (tertiary/aromatic N) is 1. The summed E-state index contributed by atoms with van der Waals surface area (Å²) in [5.74, 6) is 0. The molecule has 0 aliphatic heterocycles. The predicted octanol–water partition coefficient (Wildman–Crippen LogP) is 5.91. The third kappa shape index (κ3) is 5.28. The number of aromatic nitrogens is 1. The van der Waals surface area contributed by atoms with Crippen LogP contribution in [-0.2, 0) is 0 Å². The second-order valence-electron chi connectivity index (χ2n) is 7.53. The molecule has 0 aliphatic rings. The Kier molecular flexibility index (Phi) is 6.96. The van der Waals surface area contributed by atoms with E-state index in [2.05, 4.69) is 117 Å². The van der Waals surface area contributed by atoms with Crippen LogP contribution in [0.1, 0.15) is 74.4 Å². The zero-order valence-corrected chi connectivity index (χ0v) is 17.3. The Morgan fingerprint density at radius 3 is 1.29 bits per heavy atom. The quantitative estimate of drug-likeness (QED) is 0.516. The Hall–Kier alpha value is -2.49. The van der Waals surface area contributed by atoms with Crippen molar-refractivity contribution in [1.82, 2.24) is 15.6 Å². The van der Waals surface area contributed by atoms with E-state index in [1.54, 1.807) is 0 Å². The zero-order chi connectivity index (χ0) is 19.9. The van der Waals surface area contributed by atoms with Crippen molar-refractivity contribution in [3.8, 4) is 0 Å². The molecule has 0 spiro atoms. The first-order valence-electron chi connectivity index (χ1n) is 10.1. The minimum absolute atomic E-state index is 0.175. The van der Waals surface area contributed by atoms with Crippen molar-refractivity contribution in [3.63, 3.8) is 0 Å². The first-order valence-corrected chi connectivity index (χ1v) is 10.1. The predicted molar refractivity (Wildman–Crippen MR) is 117 cm³/mol. The van der Waals surface area contributed by atoms with Crippen LogP contribution in [0.3, 0.4) is 0 Å². The Balaban J connectivity index is 1.65. The maximum atomic E-state index is 4.94. The molecule has 2 N–H and O–H groups in total. The molecule has 3 heteroatoms. The van der Waals surface area contributed by atoms with E-state index < -0.39 is 0 Å². The van der Waals surface area contributed by atoms with Gasteiger partial charge in [0.1, 0.15) is 0 Å². The van der Waals surface area contributed by atoms with E-state index in [-0.39, 0.29) is 24.2 Å². The number of pyridine rings is 1. The number of hydrogen-bond donors (Lipinski definition) is 2. The van der Waals surface area contributed by atoms with Gasteiger partial charge < -0.3 is 10.6 Å². The molecule has 3 aromatic rings. The smallest absolute Gasteiger partial charge is 0.0574 e. The van der Waals surface area contributed by atoms with Crippen molar-refractivity contribution in [3.05, 3.63) is 101 Å². The summed E-state index contributed by atoms with van der Waals surface area (Å²) in [4.78, 5) is 4.94. The molecule has 146 valence electrons. The third-order valence-corrected chi connectivity index (χ3v) is 5.28. The normalized spacial score (nSPS) is 15.6. The first-order chi connectivity index (χ1) is 13.5. The van der Waals surface area contributed by atoms with E-state index >= 15 is 0 Å². The summed E-state index contributed by atoms with van der Waals surface area (Å²) in [6, 6.07) is 28.3. The van der Waals surface area contributed by atoms with E-state index in [4.69, 9.17) is 4.98 Å². The van der Waals surface area contributed by atoms with Gasteiger partial charge in [-0.2, -0.15) is 0 Å². The van der Waals surface area contributed by atoms with Crippen molar-refractivity contribution >= 4 is 0 Å². The highest BCUT2D eigenvalue weighted by molar-refractivity contribution is 5.22. The highest BCUT2D eigenvalue weighted by atomic mass is 15.0. The highest BCUT2D eigenvalue weighted by Crippen LogP contribution is 2.21. The van der Waals surface area contributed by atoms with Crippen LogP contribution in [0.4, 0.5) is 0 Å². The van der Waals surface area contributed by atoms with Gasteiger partial charge in [-0.1, -0.05) is 66.7 Å². The molecule has 1 aromatic heterocycles. The lowest BCUT2D eigenvalue weighted by Crippen LogP contribution is -2.25. The summed E-state index contributed by atoms with van der Waals surface area (Å²) in [6.07, 6.45) is 0. The molecule has 28 heavy (non-hydrogen) atoms. The van der Waals surface area contributed by atoms with E-state index in [1.807, 2.05) is 0 Å². The Morgan fingerprint density at radius 1 is 0.500 bits per heavy atom. The molecule has 0 amide bonds. The van der Waals surface area contributed by atoms with Crippen LogP contribution in [-0.4, -0.2) is 4.98 Å². The second kappa shape index (κ2) is 9.63. The van der Waals surface area contributed by atoms with Crippen molar-refractivity contribution in [2.75, 3.05) is 0 Å². The van der Waals surface area contributed by atoms with Gasteiger partial charge in [0, 0.05) is 24.2 Å². The average molecular weight is 374 g/mol. The fraction of sp³-hybridized carbons (Fsp3) is 0.320. The lowest BCUT2D eigenvalue weighted by molar-refractivity contribution is 0.469. The minimum atomic E-state index is 0.175. The maximum Gasteiger partial charge on any atom is 0.0574 e. The SMILES string of the molecule is C[C@H](N[C@@H](C)c1cccc([C@@H](C)N[C@@H](C)c2ccccc2)n1)c1ccccc1. The summed E-state index contributed by atoms with van der Waals surface area (Å²) >= 11 is 0. The minimum Gasteiger partial charge on any atom is -0.302 e. The summed E-state index contributed by atoms with van der Waals surface area (Å²) in [6.45, 7) is 8.75. The highest BCUT2D eigenvalue weighted by Gasteiger charge is 2.16. The van der Waals surface area contributed by atoms with Gasteiger partial charge in [0.05, 0.1) is 11.4 Å². The van der Waals surface area contributed by atoms with Gasteiger partial charge in [-0.15, -0.1) is 0 Å². The van der Waals surface area contributed by atoms with E-state index in [1.165, 1.54) is 11.1 Å². The van der Waals surface area contributed by atoms with Crippen molar-refractivity contribution in [1.29, 1.82) is 0 Å². The third-order valence-electron chi connectivity index (χ3n) is 5.28. The molecule has 0 unspecified atom stereocenters. The lowest BCUT2D eigenvalue weighted by atomic mass is 10.1. The van der Waals surface area contributed by atoms with Crippen LogP contribution in [0.2, 0.25) is 0 Å². The average Bonchev–Trinajstić information content (AvgIpc) is 2.75. The number of nitrogens with one attached hydrogen (secondary N) is 2. The summed E-state index contributed by atoms with van der Waals surface area (Å²) in [5, 5.41) is 7.32. The van der Waals surface area contributed by atoms with E-state index in [0.717, 1.165) is 11.4 Å². The van der Waals surface area contributed by atoms with Crippen LogP contribution in [0.15, 0.2) is 78.9 Å². The van der Waals surface area contributed by atoms with Gasteiger partial charge in [-0.3, -0.25) is 4.98 Å². The summed E-state index contributed by atoms with van der Waals surface area (Å²) in [7, 11) is 0. The lowest BCUT2D eigenvalue weighted by Gasteiger charge is -2.23. The van der Waals surface area contributed by atoms with E-state index in [9.17, 15) is 0 Å². The monoisotopic (exact) mass is 373 g/mol. The molecule has 0 bridgehead atoms. The fourth-order valence-corrected chi connectivity index (χ4v) is 3.55. The van der Waals surface area contributed by atoms with Gasteiger partial charge in [0.15, 0.2) is 0 Å². The molecule has 0 fully saturated rings. The molecule has 0 radical (unpaired) electrons. The van der Waals surface area contributed by atoms with Crippen LogP contribution >= 0.6 is 0 Å². The molecular formula is C25H31N3. The number of rotatable bonds is 8. The molecule has 4 atom stereocenters. The first kappa shape index (κ1) is 20.2. The van der Waals surface area contributed by atoms with Crippen molar-refractivity contribution < 1.29 is 0 Å². The Labute approximate surface area is 169 Å². The van der Waals surface area contributed by atoms with Crippen LogP contribution in [0, 0.1) is 0 Å². The molecule has 0 saturated carbocycles. The van der Waals surface area contributed by atoms with Gasteiger partial charge in [-0.05, 0) is 51.0 Å². The van der Waals surface area contributed by atoms with E-state index in [0.29, 0.717) is 0 Å². The van der Waals surface area contributed by atoms with Crippen LogP contribution in [0.25, 0.3) is 0 Å². The standard InChI is InChI=1S/C25H31N3/c1-18(22-12-7-5-8-13-22)26-20(3)24-16-11-17-25(28-24)21(4)27-19(2)23-14-9-6-10-15-23/h5-21,26-27H,1-4H3/t18-,19-,20-,21+/m0/s1. The fourth-order valence-electron chi connectivity index (χ4n) is 3.55. The van der Waals surface area contributed by atoms with Crippen molar-refractivity contribution in [2.45, 2.75) is 51.9 Å². The Morgan fingerprint density at radius 2 is 0.893 bits per heavy atom. The molecule has 0 saturated heterocycles.